The van der Waals surface area contributed by atoms with Gasteiger partial charge in [-0.2, -0.15) is 0 Å². The highest BCUT2D eigenvalue weighted by atomic mass is 16.4. The van der Waals surface area contributed by atoms with Crippen molar-refractivity contribution in [3.05, 3.63) is 0 Å². The number of rotatable bonds is 7. The van der Waals surface area contributed by atoms with Crippen molar-refractivity contribution in [3.63, 3.8) is 0 Å². The Hall–Kier alpha value is -1.06. The van der Waals surface area contributed by atoms with Gasteiger partial charge >= 0.3 is 5.97 Å². The lowest BCUT2D eigenvalue weighted by molar-refractivity contribution is -0.141. The van der Waals surface area contributed by atoms with Crippen molar-refractivity contribution in [3.8, 4) is 0 Å². The van der Waals surface area contributed by atoms with Gasteiger partial charge in [0.25, 0.3) is 0 Å². The van der Waals surface area contributed by atoms with Crippen LogP contribution >= 0.6 is 0 Å². The SMILES string of the molecule is CCCCC(=O)NCC(CC)C(=O)O. The first-order valence-electron chi connectivity index (χ1n) is 5.11. The van der Waals surface area contributed by atoms with E-state index in [0.717, 1.165) is 12.8 Å². The smallest absolute Gasteiger partial charge is 0.308 e. The van der Waals surface area contributed by atoms with Crippen molar-refractivity contribution in [2.45, 2.75) is 39.5 Å². The molecule has 14 heavy (non-hydrogen) atoms. The van der Waals surface area contributed by atoms with Gasteiger partial charge in [0.1, 0.15) is 0 Å². The Kier molecular flexibility index (Phi) is 6.80. The third-order valence-electron chi connectivity index (χ3n) is 2.15. The molecule has 0 bridgehead atoms. The zero-order valence-corrected chi connectivity index (χ0v) is 8.88. The molecule has 0 heterocycles. The number of aliphatic carboxylic acids is 1. The van der Waals surface area contributed by atoms with Crippen LogP contribution in [0.25, 0.3) is 0 Å². The van der Waals surface area contributed by atoms with Gasteiger partial charge in [-0.25, -0.2) is 0 Å². The molecule has 0 spiro atoms. The van der Waals surface area contributed by atoms with E-state index < -0.39 is 11.9 Å². The number of carbonyl (C=O) groups excluding carboxylic acids is 1. The predicted molar refractivity (Wildman–Crippen MR) is 54.0 cm³/mol. The average molecular weight is 201 g/mol. The van der Waals surface area contributed by atoms with Gasteiger partial charge in [-0.1, -0.05) is 20.3 Å². The summed E-state index contributed by atoms with van der Waals surface area (Å²) in [4.78, 5) is 21.7. The summed E-state index contributed by atoms with van der Waals surface area (Å²) in [5.41, 5.74) is 0. The molecule has 0 radical (unpaired) electrons. The summed E-state index contributed by atoms with van der Waals surface area (Å²) in [6, 6.07) is 0. The van der Waals surface area contributed by atoms with Gasteiger partial charge in [0.2, 0.25) is 5.91 Å². The van der Waals surface area contributed by atoms with Gasteiger partial charge in [-0.05, 0) is 12.8 Å². The lowest BCUT2D eigenvalue weighted by Crippen LogP contribution is -2.32. The maximum absolute atomic E-state index is 11.1. The topological polar surface area (TPSA) is 66.4 Å². The monoisotopic (exact) mass is 201 g/mol. The first kappa shape index (κ1) is 12.9. The van der Waals surface area contributed by atoms with E-state index in [-0.39, 0.29) is 12.5 Å². The third-order valence-corrected chi connectivity index (χ3v) is 2.15. The molecular weight excluding hydrogens is 182 g/mol. The summed E-state index contributed by atoms with van der Waals surface area (Å²) in [5.74, 6) is -1.35. The molecular formula is C10H19NO3. The molecule has 1 amide bonds. The van der Waals surface area contributed by atoms with E-state index in [4.69, 9.17) is 5.11 Å². The Labute approximate surface area is 84.7 Å². The van der Waals surface area contributed by atoms with E-state index in [2.05, 4.69) is 5.32 Å². The lowest BCUT2D eigenvalue weighted by Gasteiger charge is -2.10. The van der Waals surface area contributed by atoms with Gasteiger partial charge in [0.05, 0.1) is 5.92 Å². The summed E-state index contributed by atoms with van der Waals surface area (Å²) >= 11 is 0. The molecule has 0 aliphatic rings. The van der Waals surface area contributed by atoms with Gasteiger partial charge in [0, 0.05) is 13.0 Å². The number of hydrogen-bond donors (Lipinski definition) is 2. The molecule has 0 rings (SSSR count). The van der Waals surface area contributed by atoms with Gasteiger partial charge in [-0.3, -0.25) is 9.59 Å². The molecule has 0 fully saturated rings. The molecule has 0 aromatic rings. The number of nitrogens with one attached hydrogen (secondary N) is 1. The average Bonchev–Trinajstić information content (AvgIpc) is 2.15. The summed E-state index contributed by atoms with van der Waals surface area (Å²) in [6.45, 7) is 4.06. The molecule has 0 aromatic heterocycles. The van der Waals surface area contributed by atoms with E-state index in [1.807, 2.05) is 6.92 Å². The fourth-order valence-electron chi connectivity index (χ4n) is 1.07. The number of amides is 1. The number of carbonyl (C=O) groups is 2. The first-order chi connectivity index (χ1) is 6.61. The molecule has 0 aromatic carbocycles. The van der Waals surface area contributed by atoms with Gasteiger partial charge in [-0.15, -0.1) is 0 Å². The van der Waals surface area contributed by atoms with Crippen LogP contribution in [-0.4, -0.2) is 23.5 Å². The molecule has 1 unspecified atom stereocenters. The van der Waals surface area contributed by atoms with E-state index in [1.54, 1.807) is 6.92 Å². The van der Waals surface area contributed by atoms with E-state index in [9.17, 15) is 9.59 Å². The van der Waals surface area contributed by atoms with Crippen LogP contribution in [0.15, 0.2) is 0 Å². The third kappa shape index (κ3) is 5.56. The van der Waals surface area contributed by atoms with E-state index in [0.29, 0.717) is 12.8 Å². The zero-order valence-electron chi connectivity index (χ0n) is 8.88. The Bertz CT molecular complexity index is 192. The highest BCUT2D eigenvalue weighted by Gasteiger charge is 2.15. The zero-order chi connectivity index (χ0) is 11.0. The van der Waals surface area contributed by atoms with Crippen molar-refractivity contribution in [2.75, 3.05) is 6.54 Å². The van der Waals surface area contributed by atoms with Crippen LogP contribution in [0.1, 0.15) is 39.5 Å². The quantitative estimate of drug-likeness (QED) is 0.654. The lowest BCUT2D eigenvalue weighted by atomic mass is 10.1. The second-order valence-corrected chi connectivity index (χ2v) is 3.35. The van der Waals surface area contributed by atoms with Crippen molar-refractivity contribution in [1.82, 2.24) is 5.32 Å². The Morgan fingerprint density at radius 3 is 2.43 bits per heavy atom. The largest absolute Gasteiger partial charge is 0.481 e. The molecule has 4 heteroatoms. The minimum absolute atomic E-state index is 0.0495. The van der Waals surface area contributed by atoms with Crippen molar-refractivity contribution in [1.29, 1.82) is 0 Å². The van der Waals surface area contributed by atoms with Crippen LogP contribution in [0.3, 0.4) is 0 Å². The molecule has 0 aliphatic heterocycles. The maximum Gasteiger partial charge on any atom is 0.308 e. The molecule has 0 saturated carbocycles. The molecule has 2 N–H and O–H groups in total. The predicted octanol–water partition coefficient (Wildman–Crippen LogP) is 1.40. The van der Waals surface area contributed by atoms with Crippen LogP contribution in [-0.2, 0) is 9.59 Å². The molecule has 0 saturated heterocycles. The summed E-state index contributed by atoms with van der Waals surface area (Å²) in [5, 5.41) is 11.3. The van der Waals surface area contributed by atoms with Crippen LogP contribution < -0.4 is 5.32 Å². The normalized spacial score (nSPS) is 12.1. The first-order valence-corrected chi connectivity index (χ1v) is 5.11. The summed E-state index contributed by atoms with van der Waals surface area (Å²) in [6.07, 6.45) is 2.87. The van der Waals surface area contributed by atoms with E-state index in [1.165, 1.54) is 0 Å². The van der Waals surface area contributed by atoms with Crippen LogP contribution in [0, 0.1) is 5.92 Å². The van der Waals surface area contributed by atoms with Gasteiger partial charge < -0.3 is 10.4 Å². The Balaban J connectivity index is 3.68. The van der Waals surface area contributed by atoms with Crippen molar-refractivity contribution >= 4 is 11.9 Å². The van der Waals surface area contributed by atoms with Crippen LogP contribution in [0.5, 0.6) is 0 Å². The Morgan fingerprint density at radius 2 is 2.00 bits per heavy atom. The van der Waals surface area contributed by atoms with Gasteiger partial charge in [0.15, 0.2) is 0 Å². The highest BCUT2D eigenvalue weighted by Crippen LogP contribution is 2.01. The minimum Gasteiger partial charge on any atom is -0.481 e. The van der Waals surface area contributed by atoms with Crippen LogP contribution in [0.4, 0.5) is 0 Å². The number of unbranched alkanes of at least 4 members (excludes halogenated alkanes) is 1. The standard InChI is InChI=1S/C10H19NO3/c1-3-5-6-9(12)11-7-8(4-2)10(13)14/h8H,3-7H2,1-2H3,(H,11,12)(H,13,14). The molecule has 0 aliphatic carbocycles. The molecule has 4 nitrogen and oxygen atoms in total. The highest BCUT2D eigenvalue weighted by molar-refractivity contribution is 5.77. The second kappa shape index (κ2) is 7.35. The Morgan fingerprint density at radius 1 is 1.36 bits per heavy atom. The molecule has 1 atom stereocenters. The fraction of sp³-hybridized carbons (Fsp3) is 0.800. The molecule has 82 valence electrons. The summed E-state index contributed by atoms with van der Waals surface area (Å²) in [7, 11) is 0. The van der Waals surface area contributed by atoms with Crippen molar-refractivity contribution < 1.29 is 14.7 Å². The van der Waals surface area contributed by atoms with Crippen molar-refractivity contribution in [2.24, 2.45) is 5.92 Å². The summed E-state index contributed by atoms with van der Waals surface area (Å²) < 4.78 is 0. The van der Waals surface area contributed by atoms with Crippen LogP contribution in [0.2, 0.25) is 0 Å². The fourth-order valence-corrected chi connectivity index (χ4v) is 1.07. The van der Waals surface area contributed by atoms with E-state index >= 15 is 0 Å². The maximum atomic E-state index is 11.1. The second-order valence-electron chi connectivity index (χ2n) is 3.35. The number of carboxylic acid groups (broad SMARTS) is 1. The number of hydrogen-bond acceptors (Lipinski definition) is 2. The number of carboxylic acids is 1. The minimum atomic E-state index is -0.844.